The van der Waals surface area contributed by atoms with Crippen molar-refractivity contribution >= 4 is 12.0 Å². The van der Waals surface area contributed by atoms with E-state index in [1.54, 1.807) is 25.1 Å². The molecule has 1 aromatic rings. The number of nitrogens with zero attached hydrogens (tertiary/aromatic N) is 1. The summed E-state index contributed by atoms with van der Waals surface area (Å²) in [5, 5.41) is 19.5. The van der Waals surface area contributed by atoms with Crippen molar-refractivity contribution in [2.24, 2.45) is 0 Å². The van der Waals surface area contributed by atoms with Crippen LogP contribution in [0.15, 0.2) is 30.0 Å². The van der Waals surface area contributed by atoms with Gasteiger partial charge in [-0.05, 0) is 11.6 Å². The van der Waals surface area contributed by atoms with Gasteiger partial charge in [-0.25, -0.2) is 4.79 Å². The van der Waals surface area contributed by atoms with E-state index in [4.69, 9.17) is 5.11 Å². The Morgan fingerprint density at radius 1 is 1.50 bits per heavy atom. The first-order valence-electron chi connectivity index (χ1n) is 4.73. The van der Waals surface area contributed by atoms with Gasteiger partial charge in [-0.2, -0.15) is 0 Å². The van der Waals surface area contributed by atoms with Crippen LogP contribution in [0.3, 0.4) is 0 Å². The average Bonchev–Trinajstić information content (AvgIpc) is 2.25. The Hall–Kier alpha value is -2.17. The Bertz CT molecular complexity index is 451. The zero-order valence-corrected chi connectivity index (χ0v) is 8.71. The monoisotopic (exact) mass is 221 g/mol. The smallest absolute Gasteiger partial charge is 0.336 e. The van der Waals surface area contributed by atoms with Gasteiger partial charge in [-0.15, -0.1) is 0 Å². The number of carboxylic acid groups (broad SMARTS) is 1. The van der Waals surface area contributed by atoms with Crippen LogP contribution in [0, 0.1) is 10.1 Å². The standard InChI is InChI=1S/C11H11NO4/c1-2-9(12(15)16)7-8-5-3-4-6-10(8)11(13)14/h3-7H,2H2,1H3,(H,13,14)/b9-7+. The molecule has 84 valence electrons. The highest BCUT2D eigenvalue weighted by Crippen LogP contribution is 2.15. The number of allylic oxidation sites excluding steroid dienone is 1. The van der Waals surface area contributed by atoms with Crippen LogP contribution in [0.1, 0.15) is 29.3 Å². The van der Waals surface area contributed by atoms with Crippen LogP contribution in [0.5, 0.6) is 0 Å². The van der Waals surface area contributed by atoms with Gasteiger partial charge in [0, 0.05) is 12.5 Å². The molecule has 1 aromatic carbocycles. The van der Waals surface area contributed by atoms with Crippen LogP contribution >= 0.6 is 0 Å². The lowest BCUT2D eigenvalue weighted by Gasteiger charge is -2.00. The minimum absolute atomic E-state index is 0.00583. The van der Waals surface area contributed by atoms with Crippen molar-refractivity contribution in [2.75, 3.05) is 0 Å². The molecule has 0 saturated heterocycles. The summed E-state index contributed by atoms with van der Waals surface area (Å²) in [5.74, 6) is -1.09. The van der Waals surface area contributed by atoms with E-state index in [9.17, 15) is 14.9 Å². The first-order chi connectivity index (χ1) is 7.56. The van der Waals surface area contributed by atoms with E-state index in [1.165, 1.54) is 12.1 Å². The van der Waals surface area contributed by atoms with Crippen molar-refractivity contribution in [1.82, 2.24) is 0 Å². The SMILES string of the molecule is CC/C(=C\c1ccccc1C(=O)O)[N+](=O)[O-]. The molecule has 0 atom stereocenters. The van der Waals surface area contributed by atoms with Gasteiger partial charge >= 0.3 is 5.97 Å². The van der Waals surface area contributed by atoms with E-state index in [2.05, 4.69) is 0 Å². The first kappa shape index (κ1) is 11.9. The molecule has 0 unspecified atom stereocenters. The summed E-state index contributed by atoms with van der Waals surface area (Å²) in [6.45, 7) is 1.65. The maximum absolute atomic E-state index is 10.9. The van der Waals surface area contributed by atoms with Crippen LogP contribution in [0.4, 0.5) is 0 Å². The zero-order valence-electron chi connectivity index (χ0n) is 8.71. The van der Waals surface area contributed by atoms with E-state index >= 15 is 0 Å². The third-order valence-corrected chi connectivity index (χ3v) is 2.11. The lowest BCUT2D eigenvalue weighted by Crippen LogP contribution is -2.01. The van der Waals surface area contributed by atoms with Crippen LogP contribution in [-0.2, 0) is 0 Å². The molecule has 16 heavy (non-hydrogen) atoms. The molecular formula is C11H11NO4. The van der Waals surface area contributed by atoms with E-state index < -0.39 is 10.9 Å². The van der Waals surface area contributed by atoms with Gasteiger partial charge in [-0.3, -0.25) is 10.1 Å². The molecule has 1 rings (SSSR count). The van der Waals surface area contributed by atoms with Crippen molar-refractivity contribution in [3.8, 4) is 0 Å². The van der Waals surface area contributed by atoms with Crippen LogP contribution in [0.25, 0.3) is 6.08 Å². The van der Waals surface area contributed by atoms with Crippen LogP contribution in [-0.4, -0.2) is 16.0 Å². The third-order valence-electron chi connectivity index (χ3n) is 2.11. The van der Waals surface area contributed by atoms with Crippen molar-refractivity contribution in [1.29, 1.82) is 0 Å². The molecular weight excluding hydrogens is 210 g/mol. The molecule has 0 aliphatic rings. The number of hydrogen-bond acceptors (Lipinski definition) is 3. The van der Waals surface area contributed by atoms with Crippen molar-refractivity contribution in [3.63, 3.8) is 0 Å². The number of nitro groups is 1. The molecule has 1 N–H and O–H groups in total. The highest BCUT2D eigenvalue weighted by atomic mass is 16.6. The molecule has 0 amide bonds. The van der Waals surface area contributed by atoms with Gasteiger partial charge < -0.3 is 5.11 Å². The second-order valence-electron chi connectivity index (χ2n) is 3.14. The summed E-state index contributed by atoms with van der Waals surface area (Å²) >= 11 is 0. The first-order valence-corrected chi connectivity index (χ1v) is 4.73. The lowest BCUT2D eigenvalue weighted by atomic mass is 10.1. The van der Waals surface area contributed by atoms with Gasteiger partial charge in [0.25, 0.3) is 0 Å². The highest BCUT2D eigenvalue weighted by Gasteiger charge is 2.12. The number of carboxylic acids is 1. The molecule has 0 bridgehead atoms. The normalized spacial score (nSPS) is 11.2. The topological polar surface area (TPSA) is 80.4 Å². The fourth-order valence-corrected chi connectivity index (χ4v) is 1.28. The van der Waals surface area contributed by atoms with Crippen LogP contribution < -0.4 is 0 Å². The van der Waals surface area contributed by atoms with Gasteiger partial charge in [0.15, 0.2) is 0 Å². The highest BCUT2D eigenvalue weighted by molar-refractivity contribution is 5.92. The minimum atomic E-state index is -1.09. The zero-order chi connectivity index (χ0) is 12.1. The second-order valence-corrected chi connectivity index (χ2v) is 3.14. The molecule has 0 fully saturated rings. The number of aromatic carboxylic acids is 1. The largest absolute Gasteiger partial charge is 0.478 e. The summed E-state index contributed by atoms with van der Waals surface area (Å²) in [6.07, 6.45) is 1.55. The Balaban J connectivity index is 3.23. The number of rotatable bonds is 4. The molecule has 0 aromatic heterocycles. The fraction of sp³-hybridized carbons (Fsp3) is 0.182. The lowest BCUT2D eigenvalue weighted by molar-refractivity contribution is -0.425. The molecule has 0 aliphatic carbocycles. The quantitative estimate of drug-likeness (QED) is 0.625. The molecule has 0 radical (unpaired) electrons. The van der Waals surface area contributed by atoms with Crippen molar-refractivity contribution < 1.29 is 14.8 Å². The molecule has 0 saturated carbocycles. The summed E-state index contributed by atoms with van der Waals surface area (Å²) in [5.41, 5.74) is 0.410. The van der Waals surface area contributed by atoms with Gasteiger partial charge in [0.2, 0.25) is 5.70 Å². The third kappa shape index (κ3) is 2.66. The van der Waals surface area contributed by atoms with Gasteiger partial charge in [0.05, 0.1) is 10.5 Å². The predicted molar refractivity (Wildman–Crippen MR) is 58.7 cm³/mol. The Morgan fingerprint density at radius 3 is 2.62 bits per heavy atom. The molecule has 5 heteroatoms. The summed E-state index contributed by atoms with van der Waals surface area (Å²) in [4.78, 5) is 21.0. The van der Waals surface area contributed by atoms with E-state index in [0.29, 0.717) is 5.56 Å². The molecule has 0 spiro atoms. The second kappa shape index (κ2) is 5.06. The number of benzene rings is 1. The van der Waals surface area contributed by atoms with Gasteiger partial charge in [0.1, 0.15) is 0 Å². The minimum Gasteiger partial charge on any atom is -0.478 e. The Labute approximate surface area is 92.2 Å². The Morgan fingerprint density at radius 2 is 2.12 bits per heavy atom. The van der Waals surface area contributed by atoms with E-state index in [0.717, 1.165) is 0 Å². The fourth-order valence-electron chi connectivity index (χ4n) is 1.28. The predicted octanol–water partition coefficient (Wildman–Crippen LogP) is 2.41. The maximum atomic E-state index is 10.9. The summed E-state index contributed by atoms with van der Waals surface area (Å²) in [7, 11) is 0. The number of hydrogen-bond donors (Lipinski definition) is 1. The summed E-state index contributed by atoms with van der Waals surface area (Å²) in [6, 6.07) is 6.19. The van der Waals surface area contributed by atoms with E-state index in [-0.39, 0.29) is 17.7 Å². The molecule has 0 aliphatic heterocycles. The maximum Gasteiger partial charge on any atom is 0.336 e. The average molecular weight is 221 g/mol. The van der Waals surface area contributed by atoms with E-state index in [1.807, 2.05) is 0 Å². The molecule has 5 nitrogen and oxygen atoms in total. The van der Waals surface area contributed by atoms with Crippen molar-refractivity contribution in [3.05, 3.63) is 51.2 Å². The number of carbonyl (C=O) groups is 1. The van der Waals surface area contributed by atoms with Crippen molar-refractivity contribution in [2.45, 2.75) is 13.3 Å². The van der Waals surface area contributed by atoms with Gasteiger partial charge in [-0.1, -0.05) is 25.1 Å². The Kier molecular flexibility index (Phi) is 3.77. The molecule has 0 heterocycles. The van der Waals surface area contributed by atoms with Crippen LogP contribution in [0.2, 0.25) is 0 Å². The summed E-state index contributed by atoms with van der Waals surface area (Å²) < 4.78 is 0.